The quantitative estimate of drug-likeness (QED) is 0.757. The molecule has 0 bridgehead atoms. The minimum absolute atomic E-state index is 0.0304. The van der Waals surface area contributed by atoms with Crippen LogP contribution >= 0.6 is 11.8 Å². The molecular weight excluding hydrogens is 272 g/mol. The average Bonchev–Trinajstić information content (AvgIpc) is 2.40. The van der Waals surface area contributed by atoms with Crippen molar-refractivity contribution in [3.05, 3.63) is 29.8 Å². The van der Waals surface area contributed by atoms with E-state index in [4.69, 9.17) is 5.11 Å². The summed E-state index contributed by atoms with van der Waals surface area (Å²) in [6.07, 6.45) is 0.293. The average molecular weight is 289 g/mol. The van der Waals surface area contributed by atoms with Crippen LogP contribution in [-0.2, 0) is 4.79 Å². The maximum atomic E-state index is 12.9. The van der Waals surface area contributed by atoms with Gasteiger partial charge in [0.05, 0.1) is 0 Å². The van der Waals surface area contributed by atoms with Gasteiger partial charge < -0.3 is 10.4 Å². The highest BCUT2D eigenvalue weighted by atomic mass is 32.2. The summed E-state index contributed by atoms with van der Waals surface area (Å²) in [5, 5.41) is 11.5. The topological polar surface area (TPSA) is 49.3 Å². The molecule has 0 heterocycles. The molecule has 1 atom stereocenters. The fourth-order valence-corrected chi connectivity index (χ4v) is 2.14. The second-order valence-corrected chi connectivity index (χ2v) is 5.43. The van der Waals surface area contributed by atoms with Crippen LogP contribution in [0.2, 0.25) is 0 Å². The third kappa shape index (κ3) is 6.02. The van der Waals surface area contributed by atoms with Crippen LogP contribution in [0.5, 0.6) is 0 Å². The molecule has 0 fully saturated rings. The molecule has 0 aromatic heterocycles. The van der Waals surface area contributed by atoms with E-state index in [9.17, 15) is 13.6 Å². The molecule has 106 valence electrons. The van der Waals surface area contributed by atoms with Crippen molar-refractivity contribution >= 4 is 17.7 Å². The number of nitrogens with one attached hydrogen (secondary N) is 1. The molecule has 0 aliphatic rings. The van der Waals surface area contributed by atoms with Crippen LogP contribution in [0.25, 0.3) is 0 Å². The van der Waals surface area contributed by atoms with Gasteiger partial charge in [-0.1, -0.05) is 6.92 Å². The maximum absolute atomic E-state index is 12.9. The number of halogens is 2. The molecule has 1 aromatic rings. The normalized spacial score (nSPS) is 12.2. The van der Waals surface area contributed by atoms with E-state index in [-0.39, 0.29) is 18.4 Å². The number of carbonyl (C=O) groups excluding carboxylic acids is 1. The Hall–Kier alpha value is -1.14. The van der Waals surface area contributed by atoms with E-state index in [1.54, 1.807) is 0 Å². The van der Waals surface area contributed by atoms with Gasteiger partial charge in [0.15, 0.2) is 11.6 Å². The van der Waals surface area contributed by atoms with Crippen molar-refractivity contribution in [1.82, 2.24) is 5.32 Å². The maximum Gasteiger partial charge on any atom is 0.220 e. The van der Waals surface area contributed by atoms with E-state index in [0.29, 0.717) is 23.6 Å². The largest absolute Gasteiger partial charge is 0.396 e. The fourth-order valence-electron chi connectivity index (χ4n) is 1.27. The molecule has 0 spiro atoms. The van der Waals surface area contributed by atoms with E-state index < -0.39 is 11.6 Å². The van der Waals surface area contributed by atoms with E-state index in [1.165, 1.54) is 17.8 Å². The summed E-state index contributed by atoms with van der Waals surface area (Å²) in [6, 6.07) is 3.67. The number of carbonyl (C=O) groups is 1. The molecule has 0 aliphatic carbocycles. The molecule has 1 amide bonds. The van der Waals surface area contributed by atoms with Gasteiger partial charge in [0.2, 0.25) is 5.91 Å². The van der Waals surface area contributed by atoms with Crippen molar-refractivity contribution in [2.75, 3.05) is 18.9 Å². The van der Waals surface area contributed by atoms with Gasteiger partial charge >= 0.3 is 0 Å². The van der Waals surface area contributed by atoms with Crippen molar-refractivity contribution in [1.29, 1.82) is 0 Å². The lowest BCUT2D eigenvalue weighted by Crippen LogP contribution is -2.29. The summed E-state index contributed by atoms with van der Waals surface area (Å²) in [4.78, 5) is 12.0. The Morgan fingerprint density at radius 3 is 2.79 bits per heavy atom. The van der Waals surface area contributed by atoms with Crippen LogP contribution in [-0.4, -0.2) is 29.9 Å². The smallest absolute Gasteiger partial charge is 0.220 e. The molecule has 3 nitrogen and oxygen atoms in total. The molecule has 0 radical (unpaired) electrons. The number of hydrogen-bond donors (Lipinski definition) is 2. The molecule has 0 saturated carbocycles. The molecule has 1 unspecified atom stereocenters. The van der Waals surface area contributed by atoms with Crippen LogP contribution in [0.3, 0.4) is 0 Å². The number of rotatable bonds is 7. The molecule has 1 aromatic carbocycles. The lowest BCUT2D eigenvalue weighted by Gasteiger charge is -2.09. The summed E-state index contributed by atoms with van der Waals surface area (Å²) < 4.78 is 25.6. The van der Waals surface area contributed by atoms with Crippen LogP contribution < -0.4 is 5.32 Å². The number of hydrogen-bond acceptors (Lipinski definition) is 3. The van der Waals surface area contributed by atoms with Gasteiger partial charge in [-0.05, 0) is 24.1 Å². The summed E-state index contributed by atoms with van der Waals surface area (Å²) in [5.74, 6) is -1.35. The highest BCUT2D eigenvalue weighted by Gasteiger charge is 2.06. The molecule has 2 N–H and O–H groups in total. The predicted octanol–water partition coefficient (Wildman–Crippen LogP) is 2.19. The van der Waals surface area contributed by atoms with Crippen LogP contribution in [0.1, 0.15) is 13.3 Å². The zero-order chi connectivity index (χ0) is 14.3. The fraction of sp³-hybridized carbons (Fsp3) is 0.462. The zero-order valence-electron chi connectivity index (χ0n) is 10.7. The van der Waals surface area contributed by atoms with Crippen molar-refractivity contribution in [3.8, 4) is 0 Å². The van der Waals surface area contributed by atoms with Crippen molar-refractivity contribution in [3.63, 3.8) is 0 Å². The first-order valence-electron chi connectivity index (χ1n) is 5.98. The van der Waals surface area contributed by atoms with Gasteiger partial charge in [-0.15, -0.1) is 11.8 Å². The Morgan fingerprint density at radius 2 is 2.16 bits per heavy atom. The van der Waals surface area contributed by atoms with Gasteiger partial charge in [-0.2, -0.15) is 0 Å². The number of thioether (sulfide) groups is 1. The standard InChI is InChI=1S/C13H17F2NO2S/c1-9(8-17)7-16-13(18)4-5-19-10-2-3-11(14)12(15)6-10/h2-3,6,9,17H,4-5,7-8H2,1H3,(H,16,18). The first-order valence-corrected chi connectivity index (χ1v) is 6.97. The van der Waals surface area contributed by atoms with Crippen LogP contribution in [0.15, 0.2) is 23.1 Å². The van der Waals surface area contributed by atoms with E-state index in [0.717, 1.165) is 12.1 Å². The third-order valence-corrected chi connectivity index (χ3v) is 3.44. The van der Waals surface area contributed by atoms with Crippen LogP contribution in [0, 0.1) is 17.6 Å². The minimum atomic E-state index is -0.883. The first-order chi connectivity index (χ1) is 9.02. The summed E-state index contributed by atoms with van der Waals surface area (Å²) in [6.45, 7) is 2.30. The Bertz CT molecular complexity index is 429. The second-order valence-electron chi connectivity index (χ2n) is 4.27. The van der Waals surface area contributed by atoms with E-state index in [2.05, 4.69) is 5.32 Å². The van der Waals surface area contributed by atoms with Crippen molar-refractivity contribution < 1.29 is 18.7 Å². The van der Waals surface area contributed by atoms with E-state index in [1.807, 2.05) is 6.92 Å². The number of aliphatic hydroxyl groups excluding tert-OH is 1. The van der Waals surface area contributed by atoms with Crippen LogP contribution in [0.4, 0.5) is 8.78 Å². The number of benzene rings is 1. The second kappa shape index (κ2) is 8.12. The Labute approximate surface area is 115 Å². The highest BCUT2D eigenvalue weighted by Crippen LogP contribution is 2.20. The van der Waals surface area contributed by atoms with Gasteiger partial charge in [-0.25, -0.2) is 8.78 Å². The van der Waals surface area contributed by atoms with Gasteiger partial charge in [0.25, 0.3) is 0 Å². The summed E-state index contributed by atoms with van der Waals surface area (Å²) in [5.41, 5.74) is 0. The SMILES string of the molecule is CC(CO)CNC(=O)CCSc1ccc(F)c(F)c1. The number of amides is 1. The van der Waals surface area contributed by atoms with Gasteiger partial charge in [0.1, 0.15) is 0 Å². The third-order valence-electron chi connectivity index (χ3n) is 2.45. The molecule has 0 saturated heterocycles. The summed E-state index contributed by atoms with van der Waals surface area (Å²) in [7, 11) is 0. The van der Waals surface area contributed by atoms with Gasteiger partial charge in [0, 0.05) is 30.2 Å². The lowest BCUT2D eigenvalue weighted by molar-refractivity contribution is -0.120. The van der Waals surface area contributed by atoms with Crippen molar-refractivity contribution in [2.24, 2.45) is 5.92 Å². The minimum Gasteiger partial charge on any atom is -0.396 e. The highest BCUT2D eigenvalue weighted by molar-refractivity contribution is 7.99. The Kier molecular flexibility index (Phi) is 6.80. The zero-order valence-corrected chi connectivity index (χ0v) is 11.5. The Balaban J connectivity index is 2.26. The molecule has 19 heavy (non-hydrogen) atoms. The monoisotopic (exact) mass is 289 g/mol. The molecule has 0 aliphatic heterocycles. The van der Waals surface area contributed by atoms with E-state index >= 15 is 0 Å². The van der Waals surface area contributed by atoms with Gasteiger partial charge in [-0.3, -0.25) is 4.79 Å². The number of aliphatic hydroxyl groups is 1. The molecular formula is C13H17F2NO2S. The first kappa shape index (κ1) is 15.9. The predicted molar refractivity (Wildman–Crippen MR) is 71.0 cm³/mol. The Morgan fingerprint density at radius 1 is 1.42 bits per heavy atom. The summed E-state index contributed by atoms with van der Waals surface area (Å²) >= 11 is 1.29. The lowest BCUT2D eigenvalue weighted by atomic mass is 10.2. The molecule has 1 rings (SSSR count). The molecule has 6 heteroatoms. The van der Waals surface area contributed by atoms with Crippen molar-refractivity contribution in [2.45, 2.75) is 18.2 Å².